The number of nitriles is 1. The Kier molecular flexibility index (Phi) is 4.00. The predicted octanol–water partition coefficient (Wildman–Crippen LogP) is 3.47. The number of thioether (sulfide) groups is 1. The second kappa shape index (κ2) is 5.51. The third-order valence-electron chi connectivity index (χ3n) is 2.49. The minimum Gasteiger partial charge on any atom is -0.262 e. The first kappa shape index (κ1) is 13.1. The van der Waals surface area contributed by atoms with E-state index in [9.17, 15) is 5.26 Å². The van der Waals surface area contributed by atoms with Crippen LogP contribution in [-0.4, -0.2) is 16.0 Å². The summed E-state index contributed by atoms with van der Waals surface area (Å²) < 4.78 is 1.84. The SMILES string of the molecule is CSc1cccc(Sc2cc(C)nn2C)c1C#N. The number of hydrogen-bond donors (Lipinski definition) is 0. The van der Waals surface area contributed by atoms with Crippen LogP contribution in [0, 0.1) is 18.3 Å². The minimum absolute atomic E-state index is 0.744. The van der Waals surface area contributed by atoms with E-state index >= 15 is 0 Å². The molecule has 1 aromatic carbocycles. The van der Waals surface area contributed by atoms with Gasteiger partial charge in [-0.2, -0.15) is 10.4 Å². The maximum absolute atomic E-state index is 9.28. The summed E-state index contributed by atoms with van der Waals surface area (Å²) >= 11 is 3.18. The number of aromatic nitrogens is 2. The molecule has 0 unspecified atom stereocenters. The number of aryl methyl sites for hydroxylation is 2. The summed E-state index contributed by atoms with van der Waals surface area (Å²) in [6, 6.07) is 10.3. The van der Waals surface area contributed by atoms with E-state index in [4.69, 9.17) is 0 Å². The monoisotopic (exact) mass is 275 g/mol. The van der Waals surface area contributed by atoms with Gasteiger partial charge in [-0.25, -0.2) is 0 Å². The molecule has 0 aliphatic rings. The summed E-state index contributed by atoms with van der Waals surface area (Å²) in [4.78, 5) is 1.99. The van der Waals surface area contributed by atoms with Gasteiger partial charge < -0.3 is 0 Å². The highest BCUT2D eigenvalue weighted by Gasteiger charge is 2.11. The van der Waals surface area contributed by atoms with Gasteiger partial charge in [0.15, 0.2) is 0 Å². The normalized spacial score (nSPS) is 10.3. The minimum atomic E-state index is 0.744. The Morgan fingerprint density at radius 3 is 2.61 bits per heavy atom. The fourth-order valence-corrected chi connectivity index (χ4v) is 3.34. The molecule has 0 aliphatic carbocycles. The van der Waals surface area contributed by atoms with Gasteiger partial charge in [-0.1, -0.05) is 17.8 Å². The van der Waals surface area contributed by atoms with Crippen molar-refractivity contribution in [1.82, 2.24) is 9.78 Å². The van der Waals surface area contributed by atoms with E-state index in [-0.39, 0.29) is 0 Å². The van der Waals surface area contributed by atoms with Gasteiger partial charge in [0, 0.05) is 16.8 Å². The Labute approximate surface area is 115 Å². The van der Waals surface area contributed by atoms with Crippen molar-refractivity contribution in [2.24, 2.45) is 7.05 Å². The molecule has 0 bridgehead atoms. The van der Waals surface area contributed by atoms with Gasteiger partial charge in [0.05, 0.1) is 16.3 Å². The van der Waals surface area contributed by atoms with Crippen LogP contribution in [0.4, 0.5) is 0 Å². The lowest BCUT2D eigenvalue weighted by atomic mass is 10.2. The van der Waals surface area contributed by atoms with Gasteiger partial charge in [-0.3, -0.25) is 4.68 Å². The Balaban J connectivity index is 2.41. The van der Waals surface area contributed by atoms with Gasteiger partial charge in [-0.15, -0.1) is 11.8 Å². The molecule has 1 aromatic heterocycles. The molecule has 0 aliphatic heterocycles. The highest BCUT2D eigenvalue weighted by Crippen LogP contribution is 2.34. The molecule has 2 aromatic rings. The van der Waals surface area contributed by atoms with E-state index in [1.54, 1.807) is 23.5 Å². The van der Waals surface area contributed by atoms with Gasteiger partial charge in [-0.05, 0) is 31.4 Å². The molecule has 92 valence electrons. The molecule has 1 heterocycles. The second-order valence-corrected chi connectivity index (χ2v) is 5.71. The van der Waals surface area contributed by atoms with E-state index in [0.717, 1.165) is 26.1 Å². The molecule has 0 amide bonds. The van der Waals surface area contributed by atoms with Crippen molar-refractivity contribution in [3.63, 3.8) is 0 Å². The van der Waals surface area contributed by atoms with Crippen LogP contribution in [0.15, 0.2) is 39.1 Å². The first-order valence-corrected chi connectivity index (χ1v) is 7.45. The van der Waals surface area contributed by atoms with Gasteiger partial charge >= 0.3 is 0 Å². The highest BCUT2D eigenvalue weighted by molar-refractivity contribution is 7.99. The highest BCUT2D eigenvalue weighted by atomic mass is 32.2. The van der Waals surface area contributed by atoms with Crippen molar-refractivity contribution in [3.8, 4) is 6.07 Å². The largest absolute Gasteiger partial charge is 0.262 e. The molecular weight excluding hydrogens is 262 g/mol. The lowest BCUT2D eigenvalue weighted by Crippen LogP contribution is -1.93. The lowest BCUT2D eigenvalue weighted by Gasteiger charge is -2.07. The number of benzene rings is 1. The van der Waals surface area contributed by atoms with Crippen molar-refractivity contribution in [2.45, 2.75) is 21.7 Å². The van der Waals surface area contributed by atoms with E-state index in [2.05, 4.69) is 11.2 Å². The van der Waals surface area contributed by atoms with E-state index in [1.165, 1.54) is 0 Å². The average Bonchev–Trinajstić information content (AvgIpc) is 2.67. The molecule has 2 rings (SSSR count). The Morgan fingerprint density at radius 1 is 1.33 bits per heavy atom. The summed E-state index contributed by atoms with van der Waals surface area (Å²) in [5.41, 5.74) is 1.73. The fraction of sp³-hybridized carbons (Fsp3) is 0.231. The Hall–Kier alpha value is -1.38. The van der Waals surface area contributed by atoms with Crippen LogP contribution >= 0.6 is 23.5 Å². The van der Waals surface area contributed by atoms with Gasteiger partial charge in [0.2, 0.25) is 0 Å². The summed E-state index contributed by atoms with van der Waals surface area (Å²) in [5.74, 6) is 0. The van der Waals surface area contributed by atoms with Crippen LogP contribution < -0.4 is 0 Å². The topological polar surface area (TPSA) is 41.6 Å². The van der Waals surface area contributed by atoms with Crippen molar-refractivity contribution >= 4 is 23.5 Å². The first-order chi connectivity index (χ1) is 8.65. The predicted molar refractivity (Wildman–Crippen MR) is 75.0 cm³/mol. The number of rotatable bonds is 3. The Bertz CT molecular complexity index is 611. The summed E-state index contributed by atoms with van der Waals surface area (Å²) in [6.07, 6.45) is 1.98. The summed E-state index contributed by atoms with van der Waals surface area (Å²) in [6.45, 7) is 1.97. The van der Waals surface area contributed by atoms with Crippen LogP contribution in [-0.2, 0) is 7.05 Å². The van der Waals surface area contributed by atoms with Gasteiger partial charge in [0.25, 0.3) is 0 Å². The molecule has 0 fully saturated rings. The summed E-state index contributed by atoms with van der Waals surface area (Å²) in [7, 11) is 1.92. The fourth-order valence-electron chi connectivity index (χ4n) is 1.67. The van der Waals surface area contributed by atoms with Crippen LogP contribution in [0.2, 0.25) is 0 Å². The zero-order valence-electron chi connectivity index (χ0n) is 10.5. The van der Waals surface area contributed by atoms with Crippen LogP contribution in [0.1, 0.15) is 11.3 Å². The molecule has 18 heavy (non-hydrogen) atoms. The average molecular weight is 275 g/mol. The molecule has 3 nitrogen and oxygen atoms in total. The van der Waals surface area contributed by atoms with Crippen molar-refractivity contribution in [3.05, 3.63) is 35.5 Å². The number of hydrogen-bond acceptors (Lipinski definition) is 4. The molecule has 5 heteroatoms. The quantitative estimate of drug-likeness (QED) is 0.804. The lowest BCUT2D eigenvalue weighted by molar-refractivity contribution is 0.692. The molecule has 0 atom stereocenters. The van der Waals surface area contributed by atoms with E-state index < -0.39 is 0 Å². The smallest absolute Gasteiger partial charge is 0.102 e. The van der Waals surface area contributed by atoms with Crippen LogP contribution in [0.3, 0.4) is 0 Å². The third-order valence-corrected chi connectivity index (χ3v) is 4.42. The standard InChI is InChI=1S/C13H13N3S2/c1-9-7-13(16(2)15-9)18-12-6-4-5-11(17-3)10(12)8-14/h4-7H,1-3H3. The van der Waals surface area contributed by atoms with Gasteiger partial charge in [0.1, 0.15) is 6.07 Å². The zero-order chi connectivity index (χ0) is 13.1. The maximum Gasteiger partial charge on any atom is 0.102 e. The number of nitrogens with zero attached hydrogens (tertiary/aromatic N) is 3. The van der Waals surface area contributed by atoms with E-state index in [1.807, 2.05) is 49.2 Å². The molecule has 0 N–H and O–H groups in total. The zero-order valence-corrected chi connectivity index (χ0v) is 12.1. The van der Waals surface area contributed by atoms with Crippen LogP contribution in [0.25, 0.3) is 0 Å². The van der Waals surface area contributed by atoms with Crippen molar-refractivity contribution in [2.75, 3.05) is 6.26 Å². The van der Waals surface area contributed by atoms with Crippen molar-refractivity contribution in [1.29, 1.82) is 5.26 Å². The van der Waals surface area contributed by atoms with Crippen molar-refractivity contribution < 1.29 is 0 Å². The van der Waals surface area contributed by atoms with Crippen LogP contribution in [0.5, 0.6) is 0 Å². The Morgan fingerprint density at radius 2 is 2.06 bits per heavy atom. The molecule has 0 saturated heterocycles. The first-order valence-electron chi connectivity index (χ1n) is 5.41. The second-order valence-electron chi connectivity index (χ2n) is 3.79. The maximum atomic E-state index is 9.28. The third kappa shape index (κ3) is 2.55. The van der Waals surface area contributed by atoms with E-state index in [0.29, 0.717) is 0 Å². The molecular formula is C13H13N3S2. The summed E-state index contributed by atoms with van der Waals surface area (Å²) in [5, 5.41) is 14.6. The molecule has 0 saturated carbocycles. The molecule has 0 radical (unpaired) electrons. The molecule has 0 spiro atoms.